The highest BCUT2D eigenvalue weighted by Gasteiger charge is 2.39. The number of ether oxygens (including phenoxy) is 1. The second-order valence-electron chi connectivity index (χ2n) is 6.20. The van der Waals surface area contributed by atoms with E-state index in [9.17, 15) is 0 Å². The fourth-order valence-electron chi connectivity index (χ4n) is 2.27. The molecule has 0 aromatic rings. The smallest absolute Gasteiger partial charge is 0.290 e. The molecular weight excluding hydrogens is 240 g/mol. The molecule has 1 aliphatic carbocycles. The summed E-state index contributed by atoms with van der Waals surface area (Å²) in [6.45, 7) is 13.1. The van der Waals surface area contributed by atoms with E-state index in [-0.39, 0.29) is 6.47 Å². The summed E-state index contributed by atoms with van der Waals surface area (Å²) in [5.41, 5.74) is 1.38. The predicted octanol–water partition coefficient (Wildman–Crippen LogP) is 4.13. The molecule has 1 rings (SSSR count). The van der Waals surface area contributed by atoms with Gasteiger partial charge in [-0.15, -0.1) is 0 Å². The van der Waals surface area contributed by atoms with E-state index in [4.69, 9.17) is 14.6 Å². The molecule has 0 heterocycles. The molecule has 1 N–H and O–H groups in total. The quantitative estimate of drug-likeness (QED) is 0.583. The van der Waals surface area contributed by atoms with Gasteiger partial charge in [-0.2, -0.15) is 0 Å². The van der Waals surface area contributed by atoms with Gasteiger partial charge in [-0.05, 0) is 50.0 Å². The highest BCUT2D eigenvalue weighted by Crippen LogP contribution is 2.40. The molecule has 0 amide bonds. The summed E-state index contributed by atoms with van der Waals surface area (Å²) in [7, 11) is 0. The van der Waals surface area contributed by atoms with Crippen molar-refractivity contribution in [1.82, 2.24) is 0 Å². The Labute approximate surface area is 118 Å². The summed E-state index contributed by atoms with van der Waals surface area (Å²) in [6.07, 6.45) is 5.74. The fraction of sp³-hybridized carbons (Fsp3) is 0.812. The summed E-state index contributed by atoms with van der Waals surface area (Å²) in [4.78, 5) is 8.36. The Hall–Kier alpha value is -0.830. The van der Waals surface area contributed by atoms with Crippen LogP contribution in [0.2, 0.25) is 0 Å². The van der Waals surface area contributed by atoms with Gasteiger partial charge in [-0.25, -0.2) is 0 Å². The maximum Gasteiger partial charge on any atom is 0.290 e. The lowest BCUT2D eigenvalue weighted by molar-refractivity contribution is -0.122. The lowest BCUT2D eigenvalue weighted by atomic mass is 10.1. The number of hydrogen-bond donors (Lipinski definition) is 1. The average Bonchev–Trinajstić information content (AvgIpc) is 2.95. The van der Waals surface area contributed by atoms with Gasteiger partial charge in [-0.3, -0.25) is 4.79 Å². The van der Waals surface area contributed by atoms with E-state index in [1.54, 1.807) is 0 Å². The lowest BCUT2D eigenvalue weighted by Gasteiger charge is -2.15. The van der Waals surface area contributed by atoms with Crippen LogP contribution >= 0.6 is 0 Å². The maximum absolute atomic E-state index is 8.36. The molecule has 0 aliphatic heterocycles. The van der Waals surface area contributed by atoms with E-state index in [0.717, 1.165) is 11.8 Å². The molecule has 3 atom stereocenters. The molecule has 1 aliphatic rings. The number of rotatable bonds is 6. The first kappa shape index (κ1) is 18.2. The van der Waals surface area contributed by atoms with Crippen LogP contribution in [0.15, 0.2) is 11.6 Å². The van der Waals surface area contributed by atoms with Crippen LogP contribution in [0.4, 0.5) is 0 Å². The standard InChI is InChI=1S/C15H28O.CH2O2/c1-10(2)7-12(5)13(6)16-15-9-14(15)8-11(3)4;2-1-3/h7,10-11,13-15H,8-9H2,1-6H3;1H,(H,2,3)/b12-7+;. The van der Waals surface area contributed by atoms with Gasteiger partial charge in [-0.1, -0.05) is 33.8 Å². The first-order valence-corrected chi connectivity index (χ1v) is 7.23. The summed E-state index contributed by atoms with van der Waals surface area (Å²) in [6, 6.07) is 0. The van der Waals surface area contributed by atoms with E-state index < -0.39 is 0 Å². The zero-order chi connectivity index (χ0) is 15.0. The van der Waals surface area contributed by atoms with Gasteiger partial charge in [0.25, 0.3) is 6.47 Å². The number of allylic oxidation sites excluding steroid dienone is 1. The monoisotopic (exact) mass is 270 g/mol. The molecule has 3 unspecified atom stereocenters. The van der Waals surface area contributed by atoms with Gasteiger partial charge in [0.2, 0.25) is 0 Å². The van der Waals surface area contributed by atoms with E-state index in [1.165, 1.54) is 18.4 Å². The van der Waals surface area contributed by atoms with Crippen LogP contribution in [0.3, 0.4) is 0 Å². The Balaban J connectivity index is 0.000000982. The fourth-order valence-corrected chi connectivity index (χ4v) is 2.27. The minimum absolute atomic E-state index is 0.250. The summed E-state index contributed by atoms with van der Waals surface area (Å²) in [5.74, 6) is 2.26. The topological polar surface area (TPSA) is 46.5 Å². The van der Waals surface area contributed by atoms with Crippen LogP contribution in [-0.2, 0) is 9.53 Å². The molecule has 0 radical (unpaired) electrons. The Bertz CT molecular complexity index is 282. The molecule has 3 nitrogen and oxygen atoms in total. The van der Waals surface area contributed by atoms with Crippen molar-refractivity contribution in [2.45, 2.75) is 66.6 Å². The largest absolute Gasteiger partial charge is 0.483 e. The van der Waals surface area contributed by atoms with Gasteiger partial charge >= 0.3 is 0 Å². The van der Waals surface area contributed by atoms with Crippen molar-refractivity contribution in [2.75, 3.05) is 0 Å². The molecule has 0 bridgehead atoms. The van der Waals surface area contributed by atoms with Gasteiger partial charge in [0.1, 0.15) is 0 Å². The van der Waals surface area contributed by atoms with Crippen LogP contribution in [0.1, 0.15) is 54.4 Å². The van der Waals surface area contributed by atoms with E-state index in [0.29, 0.717) is 18.1 Å². The molecular formula is C16H30O3. The third-order valence-electron chi connectivity index (χ3n) is 3.25. The predicted molar refractivity (Wildman–Crippen MR) is 79.2 cm³/mol. The summed E-state index contributed by atoms with van der Waals surface area (Å²) in [5, 5.41) is 6.89. The van der Waals surface area contributed by atoms with E-state index in [2.05, 4.69) is 47.6 Å². The SMILES string of the molecule is C/C(=C\C(C)C)C(C)OC1CC1CC(C)C.O=CO. The second-order valence-corrected chi connectivity index (χ2v) is 6.20. The van der Waals surface area contributed by atoms with Crippen molar-refractivity contribution in [3.8, 4) is 0 Å². The van der Waals surface area contributed by atoms with Crippen LogP contribution < -0.4 is 0 Å². The van der Waals surface area contributed by atoms with Crippen molar-refractivity contribution in [1.29, 1.82) is 0 Å². The molecule has 0 saturated heterocycles. The number of hydrogen-bond acceptors (Lipinski definition) is 2. The normalized spacial score (nSPS) is 23.9. The van der Waals surface area contributed by atoms with Crippen molar-refractivity contribution < 1.29 is 14.6 Å². The molecule has 1 saturated carbocycles. The summed E-state index contributed by atoms with van der Waals surface area (Å²) < 4.78 is 6.07. The molecule has 1 fully saturated rings. The van der Waals surface area contributed by atoms with E-state index >= 15 is 0 Å². The molecule has 112 valence electrons. The summed E-state index contributed by atoms with van der Waals surface area (Å²) >= 11 is 0. The third kappa shape index (κ3) is 8.82. The lowest BCUT2D eigenvalue weighted by Crippen LogP contribution is -2.13. The molecule has 19 heavy (non-hydrogen) atoms. The van der Waals surface area contributed by atoms with Crippen molar-refractivity contribution in [2.24, 2.45) is 17.8 Å². The van der Waals surface area contributed by atoms with Crippen molar-refractivity contribution >= 4 is 6.47 Å². The van der Waals surface area contributed by atoms with Crippen LogP contribution in [0, 0.1) is 17.8 Å². The highest BCUT2D eigenvalue weighted by atomic mass is 16.5. The minimum Gasteiger partial charge on any atom is -0.483 e. The molecule has 0 spiro atoms. The molecule has 0 aromatic heterocycles. The van der Waals surface area contributed by atoms with Crippen LogP contribution in [0.5, 0.6) is 0 Å². The number of carboxylic acid groups (broad SMARTS) is 1. The van der Waals surface area contributed by atoms with Crippen LogP contribution in [-0.4, -0.2) is 23.8 Å². The Morgan fingerprint density at radius 2 is 1.84 bits per heavy atom. The zero-order valence-electron chi connectivity index (χ0n) is 13.2. The average molecular weight is 270 g/mol. The van der Waals surface area contributed by atoms with Crippen LogP contribution in [0.25, 0.3) is 0 Å². The Morgan fingerprint density at radius 1 is 1.32 bits per heavy atom. The van der Waals surface area contributed by atoms with Crippen molar-refractivity contribution in [3.05, 3.63) is 11.6 Å². The first-order valence-electron chi connectivity index (χ1n) is 7.23. The Kier molecular flexibility index (Phi) is 8.73. The third-order valence-corrected chi connectivity index (χ3v) is 3.25. The van der Waals surface area contributed by atoms with Crippen molar-refractivity contribution in [3.63, 3.8) is 0 Å². The molecule has 3 heteroatoms. The van der Waals surface area contributed by atoms with Gasteiger partial charge in [0.05, 0.1) is 12.2 Å². The number of carbonyl (C=O) groups is 1. The first-order chi connectivity index (χ1) is 8.81. The zero-order valence-corrected chi connectivity index (χ0v) is 13.2. The van der Waals surface area contributed by atoms with Gasteiger partial charge < -0.3 is 9.84 Å². The maximum atomic E-state index is 8.36. The van der Waals surface area contributed by atoms with E-state index in [1.807, 2.05) is 0 Å². The van der Waals surface area contributed by atoms with Gasteiger partial charge in [0.15, 0.2) is 0 Å². The minimum atomic E-state index is -0.250. The highest BCUT2D eigenvalue weighted by molar-refractivity contribution is 5.32. The van der Waals surface area contributed by atoms with Gasteiger partial charge in [0, 0.05) is 0 Å². The Morgan fingerprint density at radius 3 is 2.26 bits per heavy atom. The second kappa shape index (κ2) is 9.13. The molecule has 0 aromatic carbocycles.